The quantitative estimate of drug-likeness (QED) is 0.919. The third-order valence-corrected chi connectivity index (χ3v) is 3.80. The van der Waals surface area contributed by atoms with Crippen molar-refractivity contribution in [3.8, 4) is 5.75 Å². The number of ether oxygens (including phenoxy) is 1. The SMILES string of the molecule is COc1ccccc1NC(=O)CCn1c(C)csc1=O. The fraction of sp³-hybridized carbons (Fsp3) is 0.286. The summed E-state index contributed by atoms with van der Waals surface area (Å²) in [5.74, 6) is 0.469. The van der Waals surface area contributed by atoms with E-state index in [1.165, 1.54) is 0 Å². The molecule has 5 nitrogen and oxygen atoms in total. The molecule has 0 atom stereocenters. The van der Waals surface area contributed by atoms with Crippen LogP contribution >= 0.6 is 11.3 Å². The van der Waals surface area contributed by atoms with E-state index in [1.807, 2.05) is 19.1 Å². The number of methoxy groups -OCH3 is 1. The zero-order valence-corrected chi connectivity index (χ0v) is 12.2. The molecule has 0 unspecified atom stereocenters. The van der Waals surface area contributed by atoms with Gasteiger partial charge in [0.15, 0.2) is 0 Å². The number of hydrogen-bond acceptors (Lipinski definition) is 4. The Labute approximate surface area is 120 Å². The molecule has 0 saturated heterocycles. The molecular formula is C14H16N2O3S. The highest BCUT2D eigenvalue weighted by atomic mass is 32.1. The van der Waals surface area contributed by atoms with E-state index in [9.17, 15) is 9.59 Å². The van der Waals surface area contributed by atoms with Gasteiger partial charge in [-0.1, -0.05) is 23.5 Å². The molecule has 0 aliphatic carbocycles. The third kappa shape index (κ3) is 3.27. The van der Waals surface area contributed by atoms with Gasteiger partial charge in [0.05, 0.1) is 12.8 Å². The number of carbonyl (C=O) groups excluding carboxylic acids is 1. The normalized spacial score (nSPS) is 10.3. The standard InChI is InChI=1S/C14H16N2O3S/c1-10-9-20-14(18)16(10)8-7-13(17)15-11-5-3-4-6-12(11)19-2/h3-6,9H,7-8H2,1-2H3,(H,15,17). The van der Waals surface area contributed by atoms with E-state index >= 15 is 0 Å². The summed E-state index contributed by atoms with van der Waals surface area (Å²) in [6.45, 7) is 2.24. The van der Waals surface area contributed by atoms with Crippen LogP contribution in [0, 0.1) is 6.92 Å². The van der Waals surface area contributed by atoms with Crippen LogP contribution in [0.3, 0.4) is 0 Å². The monoisotopic (exact) mass is 292 g/mol. The summed E-state index contributed by atoms with van der Waals surface area (Å²) in [5, 5.41) is 4.58. The molecule has 2 aromatic rings. The minimum atomic E-state index is -0.146. The molecule has 0 spiro atoms. The van der Waals surface area contributed by atoms with Gasteiger partial charge in [0, 0.05) is 24.0 Å². The fourth-order valence-electron chi connectivity index (χ4n) is 1.85. The van der Waals surface area contributed by atoms with Gasteiger partial charge in [-0.3, -0.25) is 9.59 Å². The van der Waals surface area contributed by atoms with Crippen LogP contribution in [-0.4, -0.2) is 17.6 Å². The predicted octanol–water partition coefficient (Wildman–Crippen LogP) is 2.26. The maximum atomic E-state index is 11.9. The number of thiazole rings is 1. The Hall–Kier alpha value is -2.08. The number of benzene rings is 1. The maximum absolute atomic E-state index is 11.9. The van der Waals surface area contributed by atoms with E-state index < -0.39 is 0 Å². The molecule has 0 radical (unpaired) electrons. The zero-order chi connectivity index (χ0) is 14.5. The van der Waals surface area contributed by atoms with Gasteiger partial charge in [-0.2, -0.15) is 0 Å². The summed E-state index contributed by atoms with van der Waals surface area (Å²) in [7, 11) is 1.55. The lowest BCUT2D eigenvalue weighted by Gasteiger charge is -2.10. The molecule has 1 N–H and O–H groups in total. The summed E-state index contributed by atoms with van der Waals surface area (Å²) in [5.41, 5.74) is 1.51. The molecule has 0 bridgehead atoms. The topological polar surface area (TPSA) is 60.3 Å². The van der Waals surface area contributed by atoms with Gasteiger partial charge in [-0.25, -0.2) is 0 Å². The number of para-hydroxylation sites is 2. The maximum Gasteiger partial charge on any atom is 0.307 e. The summed E-state index contributed by atoms with van der Waals surface area (Å²) in [4.78, 5) is 23.4. The van der Waals surface area contributed by atoms with Crippen molar-refractivity contribution >= 4 is 22.9 Å². The van der Waals surface area contributed by atoms with Crippen LogP contribution < -0.4 is 14.9 Å². The van der Waals surface area contributed by atoms with Crippen molar-refractivity contribution in [2.24, 2.45) is 0 Å². The number of hydrogen-bond donors (Lipinski definition) is 1. The lowest BCUT2D eigenvalue weighted by Crippen LogP contribution is -2.20. The van der Waals surface area contributed by atoms with Crippen molar-refractivity contribution in [3.63, 3.8) is 0 Å². The number of anilines is 1. The molecule has 1 aromatic heterocycles. The molecule has 1 heterocycles. The Bertz CT molecular complexity index is 660. The number of amides is 1. The van der Waals surface area contributed by atoms with E-state index in [0.717, 1.165) is 17.0 Å². The Kier molecular flexibility index (Phi) is 4.57. The van der Waals surface area contributed by atoms with Crippen molar-refractivity contribution in [1.29, 1.82) is 0 Å². The number of rotatable bonds is 5. The highest BCUT2D eigenvalue weighted by Gasteiger charge is 2.09. The highest BCUT2D eigenvalue weighted by molar-refractivity contribution is 7.07. The van der Waals surface area contributed by atoms with Crippen LogP contribution in [-0.2, 0) is 11.3 Å². The van der Waals surface area contributed by atoms with Gasteiger partial charge in [-0.15, -0.1) is 0 Å². The predicted molar refractivity (Wildman–Crippen MR) is 79.6 cm³/mol. The van der Waals surface area contributed by atoms with Crippen molar-refractivity contribution in [2.75, 3.05) is 12.4 Å². The lowest BCUT2D eigenvalue weighted by molar-refractivity contribution is -0.116. The second-order valence-corrected chi connectivity index (χ2v) is 5.11. The second kappa shape index (κ2) is 6.38. The lowest BCUT2D eigenvalue weighted by atomic mass is 10.2. The van der Waals surface area contributed by atoms with Gasteiger partial charge in [-0.05, 0) is 19.1 Å². The van der Waals surface area contributed by atoms with E-state index in [2.05, 4.69) is 5.32 Å². The summed E-state index contributed by atoms with van der Waals surface area (Å²) in [6, 6.07) is 7.22. The smallest absolute Gasteiger partial charge is 0.307 e. The summed E-state index contributed by atoms with van der Waals surface area (Å²) < 4.78 is 6.77. The first-order valence-electron chi connectivity index (χ1n) is 6.19. The molecule has 0 aliphatic heterocycles. The molecule has 106 valence electrons. The summed E-state index contributed by atoms with van der Waals surface area (Å²) in [6.07, 6.45) is 0.246. The summed E-state index contributed by atoms with van der Waals surface area (Å²) >= 11 is 1.15. The van der Waals surface area contributed by atoms with Crippen LogP contribution in [0.2, 0.25) is 0 Å². The Morgan fingerprint density at radius 2 is 2.15 bits per heavy atom. The van der Waals surface area contributed by atoms with Gasteiger partial charge in [0.25, 0.3) is 0 Å². The van der Waals surface area contributed by atoms with Crippen LogP contribution in [0.5, 0.6) is 5.75 Å². The fourth-order valence-corrected chi connectivity index (χ4v) is 2.61. The Morgan fingerprint density at radius 3 is 2.80 bits per heavy atom. The van der Waals surface area contributed by atoms with E-state index in [0.29, 0.717) is 18.0 Å². The zero-order valence-electron chi connectivity index (χ0n) is 11.4. The molecular weight excluding hydrogens is 276 g/mol. The van der Waals surface area contributed by atoms with Gasteiger partial charge in [0.1, 0.15) is 5.75 Å². The van der Waals surface area contributed by atoms with E-state index in [1.54, 1.807) is 29.2 Å². The van der Waals surface area contributed by atoms with Crippen molar-refractivity contribution in [1.82, 2.24) is 4.57 Å². The molecule has 1 aromatic carbocycles. The molecule has 0 fully saturated rings. The Balaban J connectivity index is 1.98. The molecule has 0 saturated carbocycles. The number of aromatic nitrogens is 1. The molecule has 1 amide bonds. The molecule has 6 heteroatoms. The number of carbonyl (C=O) groups is 1. The van der Waals surface area contributed by atoms with Gasteiger partial charge in [0.2, 0.25) is 5.91 Å². The average molecular weight is 292 g/mol. The van der Waals surface area contributed by atoms with E-state index in [-0.39, 0.29) is 17.2 Å². The number of aryl methyl sites for hydroxylation is 1. The van der Waals surface area contributed by atoms with Crippen molar-refractivity contribution in [2.45, 2.75) is 19.9 Å². The molecule has 20 heavy (non-hydrogen) atoms. The minimum Gasteiger partial charge on any atom is -0.495 e. The average Bonchev–Trinajstić information content (AvgIpc) is 2.76. The third-order valence-electron chi connectivity index (χ3n) is 2.92. The largest absolute Gasteiger partial charge is 0.495 e. The first-order chi connectivity index (χ1) is 9.61. The van der Waals surface area contributed by atoms with Gasteiger partial charge >= 0.3 is 4.87 Å². The minimum absolute atomic E-state index is 0.0346. The highest BCUT2D eigenvalue weighted by Crippen LogP contribution is 2.23. The van der Waals surface area contributed by atoms with Crippen molar-refractivity contribution < 1.29 is 9.53 Å². The van der Waals surface area contributed by atoms with Crippen LogP contribution in [0.4, 0.5) is 5.69 Å². The molecule has 2 rings (SSSR count). The van der Waals surface area contributed by atoms with Crippen LogP contribution in [0.1, 0.15) is 12.1 Å². The number of nitrogens with one attached hydrogen (secondary N) is 1. The van der Waals surface area contributed by atoms with Crippen LogP contribution in [0.15, 0.2) is 34.4 Å². The second-order valence-electron chi connectivity index (χ2n) is 4.29. The van der Waals surface area contributed by atoms with E-state index in [4.69, 9.17) is 4.74 Å². The first-order valence-corrected chi connectivity index (χ1v) is 7.07. The molecule has 0 aliphatic rings. The van der Waals surface area contributed by atoms with Gasteiger partial charge < -0.3 is 14.6 Å². The first kappa shape index (κ1) is 14.3. The number of nitrogens with zero attached hydrogens (tertiary/aromatic N) is 1. The Morgan fingerprint density at radius 1 is 1.40 bits per heavy atom. The van der Waals surface area contributed by atoms with Crippen LogP contribution in [0.25, 0.3) is 0 Å². The van der Waals surface area contributed by atoms with Crippen molar-refractivity contribution in [3.05, 3.63) is 45.0 Å².